The summed E-state index contributed by atoms with van der Waals surface area (Å²) < 4.78 is 22.6. The molecular formula is C36H61N3O11. The molecule has 2 rings (SSSR count). The fourth-order valence-corrected chi connectivity index (χ4v) is 6.08. The molecule has 14 nitrogen and oxygen atoms in total. The Bertz CT molecular complexity index is 1200. The Labute approximate surface area is 295 Å². The molecule has 4 atom stereocenters. The van der Waals surface area contributed by atoms with E-state index in [1.165, 1.54) is 83.2 Å². The van der Waals surface area contributed by atoms with Crippen LogP contribution in [0.1, 0.15) is 142 Å². The summed E-state index contributed by atoms with van der Waals surface area (Å²) in [4.78, 5) is 61.2. The van der Waals surface area contributed by atoms with Crippen molar-refractivity contribution < 1.29 is 43.5 Å². The van der Waals surface area contributed by atoms with Crippen LogP contribution in [0.15, 0.2) is 21.9 Å². The van der Waals surface area contributed by atoms with Gasteiger partial charge in [0.25, 0.3) is 11.5 Å². The van der Waals surface area contributed by atoms with Crippen LogP contribution >= 0.6 is 0 Å². The Balaban J connectivity index is 1.48. The summed E-state index contributed by atoms with van der Waals surface area (Å²) in [5, 5.41) is 21.6. The number of nitrogens with one attached hydrogen (secondary N) is 2. The Kier molecular flexibility index (Phi) is 22.8. The van der Waals surface area contributed by atoms with Crippen molar-refractivity contribution in [2.45, 2.75) is 160 Å². The average Bonchev–Trinajstić information content (AvgIpc) is 3.42. The zero-order valence-corrected chi connectivity index (χ0v) is 30.0. The van der Waals surface area contributed by atoms with E-state index >= 15 is 0 Å². The number of rotatable bonds is 29. The minimum Gasteiger partial charge on any atom is -0.456 e. The third kappa shape index (κ3) is 18.1. The van der Waals surface area contributed by atoms with E-state index in [4.69, 9.17) is 18.9 Å². The molecule has 1 aromatic heterocycles. The molecule has 1 aliphatic heterocycles. The van der Waals surface area contributed by atoms with E-state index in [0.717, 1.165) is 42.7 Å². The number of unbranched alkanes of at least 4 members (excludes halogenated alkanes) is 17. The van der Waals surface area contributed by atoms with Crippen LogP contribution in [0.25, 0.3) is 0 Å². The van der Waals surface area contributed by atoms with Gasteiger partial charge in [-0.25, -0.2) is 9.59 Å². The first-order valence-corrected chi connectivity index (χ1v) is 18.8. The summed E-state index contributed by atoms with van der Waals surface area (Å²) in [7, 11) is 0. The Morgan fingerprint density at radius 3 is 2.00 bits per heavy atom. The molecule has 1 aliphatic rings. The van der Waals surface area contributed by atoms with Gasteiger partial charge >= 0.3 is 17.8 Å². The standard InChI is InChI=1S/C36H61N3O11/c1-2-3-4-5-6-7-8-9-10-11-12-13-14-15-18-21-31(43)48-27-30(42)37-23-19-16-17-20-25-47-33-32(50-36(45)46)28(26-40)49-34(33)39-24-22-29(41)38-35(39)44/h22,24,28,32-34,40H,2-21,23,25-27H2,1H3,(H,37,42)(H,45,46)(H,38,41,44)/t28-,32?,33+,34-/m1/s1. The first kappa shape index (κ1) is 42.9. The van der Waals surface area contributed by atoms with E-state index in [9.17, 15) is 34.2 Å². The van der Waals surface area contributed by atoms with E-state index in [1.54, 1.807) is 0 Å². The van der Waals surface area contributed by atoms with Gasteiger partial charge in [-0.05, 0) is 19.3 Å². The predicted octanol–water partition coefficient (Wildman–Crippen LogP) is 5.36. The first-order chi connectivity index (χ1) is 24.3. The predicted molar refractivity (Wildman–Crippen MR) is 187 cm³/mol. The molecule has 50 heavy (non-hydrogen) atoms. The molecule has 1 amide bonds. The second-order valence-corrected chi connectivity index (χ2v) is 13.1. The highest BCUT2D eigenvalue weighted by molar-refractivity contribution is 5.80. The molecule has 2 heterocycles. The largest absolute Gasteiger partial charge is 0.506 e. The summed E-state index contributed by atoms with van der Waals surface area (Å²) >= 11 is 0. The number of aliphatic hydroxyl groups excluding tert-OH is 1. The summed E-state index contributed by atoms with van der Waals surface area (Å²) in [6.07, 6.45) is 17.1. The minimum absolute atomic E-state index is 0.182. The van der Waals surface area contributed by atoms with Gasteiger partial charge < -0.3 is 34.5 Å². The maximum Gasteiger partial charge on any atom is 0.506 e. The van der Waals surface area contributed by atoms with E-state index in [2.05, 4.69) is 17.2 Å². The van der Waals surface area contributed by atoms with Crippen LogP contribution in [-0.2, 0) is 28.5 Å². The first-order valence-electron chi connectivity index (χ1n) is 18.8. The quantitative estimate of drug-likeness (QED) is 0.0617. The number of hydrogen-bond acceptors (Lipinski definition) is 10. The number of hydrogen-bond donors (Lipinski definition) is 4. The number of aromatic amines is 1. The van der Waals surface area contributed by atoms with Crippen LogP contribution in [0, 0.1) is 0 Å². The van der Waals surface area contributed by atoms with Crippen molar-refractivity contribution in [3.05, 3.63) is 33.1 Å². The van der Waals surface area contributed by atoms with Crippen LogP contribution < -0.4 is 16.6 Å². The van der Waals surface area contributed by atoms with E-state index in [-0.39, 0.29) is 25.1 Å². The highest BCUT2D eigenvalue weighted by Gasteiger charge is 2.49. The van der Waals surface area contributed by atoms with Gasteiger partial charge in [-0.15, -0.1) is 0 Å². The summed E-state index contributed by atoms with van der Waals surface area (Å²) in [5.41, 5.74) is -1.39. The van der Waals surface area contributed by atoms with Crippen LogP contribution in [0.4, 0.5) is 4.79 Å². The maximum atomic E-state index is 12.3. The number of carbonyl (C=O) groups excluding carboxylic acids is 2. The molecular weight excluding hydrogens is 650 g/mol. The van der Waals surface area contributed by atoms with Crippen molar-refractivity contribution in [2.24, 2.45) is 0 Å². The lowest BCUT2D eigenvalue weighted by molar-refractivity contribution is -0.148. The molecule has 1 unspecified atom stereocenters. The molecule has 4 N–H and O–H groups in total. The smallest absolute Gasteiger partial charge is 0.456 e. The topological polar surface area (TPSA) is 195 Å². The van der Waals surface area contributed by atoms with Crippen LogP contribution in [0.3, 0.4) is 0 Å². The van der Waals surface area contributed by atoms with E-state index in [1.807, 2.05) is 0 Å². The van der Waals surface area contributed by atoms with Crippen molar-refractivity contribution in [2.75, 3.05) is 26.4 Å². The number of ether oxygens (including phenoxy) is 4. The lowest BCUT2D eigenvalue weighted by Gasteiger charge is -2.24. The highest BCUT2D eigenvalue weighted by Crippen LogP contribution is 2.33. The van der Waals surface area contributed by atoms with Crippen molar-refractivity contribution in [1.29, 1.82) is 0 Å². The number of carbonyl (C=O) groups is 3. The van der Waals surface area contributed by atoms with Crippen LogP contribution in [0.2, 0.25) is 0 Å². The number of carboxylic acid groups (broad SMARTS) is 1. The van der Waals surface area contributed by atoms with Gasteiger partial charge in [-0.1, -0.05) is 110 Å². The number of aliphatic hydroxyl groups is 1. The molecule has 1 saturated heterocycles. The van der Waals surface area contributed by atoms with E-state index in [0.29, 0.717) is 25.8 Å². The number of amides is 1. The average molecular weight is 712 g/mol. The molecule has 0 radical (unpaired) electrons. The number of H-pyrrole nitrogens is 1. The normalized spacial score (nSPS) is 18.6. The van der Waals surface area contributed by atoms with Gasteiger partial charge in [0, 0.05) is 31.8 Å². The second-order valence-electron chi connectivity index (χ2n) is 13.1. The Morgan fingerprint density at radius 1 is 0.840 bits per heavy atom. The molecule has 0 saturated carbocycles. The number of esters is 1. The van der Waals surface area contributed by atoms with Crippen molar-refractivity contribution in [3.63, 3.8) is 0 Å². The van der Waals surface area contributed by atoms with Crippen LogP contribution in [0.5, 0.6) is 0 Å². The van der Waals surface area contributed by atoms with Gasteiger partial charge in [-0.2, -0.15) is 0 Å². The number of nitrogens with zero attached hydrogens (tertiary/aromatic N) is 1. The van der Waals surface area contributed by atoms with Gasteiger partial charge in [-0.3, -0.25) is 23.9 Å². The molecule has 0 aliphatic carbocycles. The third-order valence-corrected chi connectivity index (χ3v) is 8.88. The molecule has 1 aromatic rings. The molecule has 0 aromatic carbocycles. The van der Waals surface area contributed by atoms with Crippen molar-refractivity contribution >= 4 is 18.0 Å². The van der Waals surface area contributed by atoms with Crippen LogP contribution in [-0.4, -0.2) is 82.5 Å². The fourth-order valence-electron chi connectivity index (χ4n) is 6.08. The zero-order valence-electron chi connectivity index (χ0n) is 30.0. The molecule has 286 valence electrons. The lowest BCUT2D eigenvalue weighted by Crippen LogP contribution is -2.41. The molecule has 1 fully saturated rings. The Hall–Kier alpha value is -3.23. The van der Waals surface area contributed by atoms with Gasteiger partial charge in [0.2, 0.25) is 0 Å². The third-order valence-electron chi connectivity index (χ3n) is 8.88. The zero-order chi connectivity index (χ0) is 36.4. The lowest BCUT2D eigenvalue weighted by atomic mass is 10.0. The summed E-state index contributed by atoms with van der Waals surface area (Å²) in [6.45, 7) is 2.00. The monoisotopic (exact) mass is 711 g/mol. The fraction of sp³-hybridized carbons (Fsp3) is 0.806. The molecule has 0 spiro atoms. The van der Waals surface area contributed by atoms with Gasteiger partial charge in [0.15, 0.2) is 18.9 Å². The summed E-state index contributed by atoms with van der Waals surface area (Å²) in [5.74, 6) is -0.692. The number of aromatic nitrogens is 2. The Morgan fingerprint density at radius 2 is 1.42 bits per heavy atom. The SMILES string of the molecule is CCCCCCCCCCCCCCCCCC(=O)OCC(=O)NCCCCCCO[C@H]1C(OC(=O)O)[C@@H](CO)O[C@H]1n1ccc(=O)[nH]c1=O. The molecule has 0 bridgehead atoms. The highest BCUT2D eigenvalue weighted by atomic mass is 16.7. The minimum atomic E-state index is -1.59. The summed E-state index contributed by atoms with van der Waals surface area (Å²) in [6, 6.07) is 1.12. The van der Waals surface area contributed by atoms with E-state index < -0.39 is 48.6 Å². The van der Waals surface area contributed by atoms with Crippen molar-refractivity contribution in [1.82, 2.24) is 14.9 Å². The van der Waals surface area contributed by atoms with Crippen molar-refractivity contribution in [3.8, 4) is 0 Å². The molecule has 14 heteroatoms. The van der Waals surface area contributed by atoms with Gasteiger partial charge in [0.1, 0.15) is 12.2 Å². The second kappa shape index (κ2) is 26.6. The maximum absolute atomic E-state index is 12.3. The van der Waals surface area contributed by atoms with Gasteiger partial charge in [0.05, 0.1) is 6.61 Å².